The first-order chi connectivity index (χ1) is 9.13. The van der Waals surface area contributed by atoms with E-state index in [9.17, 15) is 4.79 Å². The summed E-state index contributed by atoms with van der Waals surface area (Å²) in [6.45, 7) is 8.20. The van der Waals surface area contributed by atoms with Crippen molar-refractivity contribution in [2.24, 2.45) is 11.8 Å². The lowest BCUT2D eigenvalue weighted by atomic mass is 9.77. The molecule has 0 spiro atoms. The predicted molar refractivity (Wildman–Crippen MR) is 76.9 cm³/mol. The zero-order valence-electron chi connectivity index (χ0n) is 12.7. The fourth-order valence-corrected chi connectivity index (χ4v) is 3.70. The SMILES string of the molecule is CCOC(=O)C1CCCCN1C1CCC(C)C(C)C1. The molecule has 0 bridgehead atoms. The van der Waals surface area contributed by atoms with E-state index < -0.39 is 0 Å². The van der Waals surface area contributed by atoms with Crippen molar-refractivity contribution in [2.45, 2.75) is 71.4 Å². The van der Waals surface area contributed by atoms with Crippen LogP contribution >= 0.6 is 0 Å². The number of ether oxygens (including phenoxy) is 1. The number of piperidine rings is 1. The summed E-state index contributed by atoms with van der Waals surface area (Å²) in [5.74, 6) is 1.62. The third-order valence-electron chi connectivity index (χ3n) is 5.14. The number of hydrogen-bond acceptors (Lipinski definition) is 3. The van der Waals surface area contributed by atoms with Crippen molar-refractivity contribution in [1.82, 2.24) is 4.90 Å². The molecule has 0 aromatic rings. The minimum Gasteiger partial charge on any atom is -0.465 e. The highest BCUT2D eigenvalue weighted by atomic mass is 16.5. The highest BCUT2D eigenvalue weighted by Gasteiger charge is 2.37. The van der Waals surface area contributed by atoms with Crippen LogP contribution in [0.4, 0.5) is 0 Å². The van der Waals surface area contributed by atoms with E-state index in [1.807, 2.05) is 6.92 Å². The monoisotopic (exact) mass is 267 g/mol. The average Bonchev–Trinajstić information content (AvgIpc) is 2.42. The Balaban J connectivity index is 2.01. The standard InChI is InChI=1S/C16H29NO2/c1-4-19-16(18)15-7-5-6-10-17(15)14-9-8-12(2)13(3)11-14/h12-15H,4-11H2,1-3H3. The van der Waals surface area contributed by atoms with Crippen LogP contribution in [-0.4, -0.2) is 36.1 Å². The molecule has 1 aliphatic heterocycles. The molecule has 1 saturated carbocycles. The first-order valence-electron chi connectivity index (χ1n) is 8.05. The van der Waals surface area contributed by atoms with E-state index >= 15 is 0 Å². The van der Waals surface area contributed by atoms with Gasteiger partial charge in [-0.3, -0.25) is 9.69 Å². The summed E-state index contributed by atoms with van der Waals surface area (Å²) >= 11 is 0. The second-order valence-corrected chi connectivity index (χ2v) is 6.42. The number of esters is 1. The lowest BCUT2D eigenvalue weighted by molar-refractivity contribution is -0.152. The largest absolute Gasteiger partial charge is 0.465 e. The van der Waals surface area contributed by atoms with Crippen LogP contribution in [0.2, 0.25) is 0 Å². The van der Waals surface area contributed by atoms with Gasteiger partial charge in [-0.25, -0.2) is 0 Å². The van der Waals surface area contributed by atoms with Crippen molar-refractivity contribution >= 4 is 5.97 Å². The molecule has 3 nitrogen and oxygen atoms in total. The van der Waals surface area contributed by atoms with Gasteiger partial charge in [0.1, 0.15) is 6.04 Å². The molecule has 1 aliphatic carbocycles. The molecule has 0 amide bonds. The van der Waals surface area contributed by atoms with Gasteiger partial charge in [-0.15, -0.1) is 0 Å². The molecule has 0 aromatic carbocycles. The highest BCUT2D eigenvalue weighted by molar-refractivity contribution is 5.75. The Morgan fingerprint density at radius 2 is 1.95 bits per heavy atom. The Labute approximate surface area is 117 Å². The lowest BCUT2D eigenvalue weighted by Gasteiger charge is -2.44. The zero-order valence-corrected chi connectivity index (χ0v) is 12.7. The summed E-state index contributed by atoms with van der Waals surface area (Å²) in [6.07, 6.45) is 7.19. The van der Waals surface area contributed by atoms with Gasteiger partial charge in [-0.05, 0) is 57.4 Å². The molecule has 110 valence electrons. The number of carbonyl (C=O) groups excluding carboxylic acids is 1. The molecule has 2 fully saturated rings. The van der Waals surface area contributed by atoms with E-state index in [1.54, 1.807) is 0 Å². The van der Waals surface area contributed by atoms with Crippen molar-refractivity contribution in [3.8, 4) is 0 Å². The summed E-state index contributed by atoms with van der Waals surface area (Å²) in [4.78, 5) is 14.6. The number of rotatable bonds is 3. The molecule has 2 aliphatic rings. The number of carbonyl (C=O) groups is 1. The number of hydrogen-bond donors (Lipinski definition) is 0. The maximum atomic E-state index is 12.1. The Kier molecular flexibility index (Phi) is 5.26. The molecule has 0 N–H and O–H groups in total. The smallest absolute Gasteiger partial charge is 0.323 e. The molecular formula is C16H29NO2. The summed E-state index contributed by atoms with van der Waals surface area (Å²) in [5, 5.41) is 0. The van der Waals surface area contributed by atoms with Crippen molar-refractivity contribution in [1.29, 1.82) is 0 Å². The van der Waals surface area contributed by atoms with E-state index in [1.165, 1.54) is 32.1 Å². The second-order valence-electron chi connectivity index (χ2n) is 6.42. The molecule has 1 saturated heterocycles. The number of likely N-dealkylation sites (tertiary alicyclic amines) is 1. The van der Waals surface area contributed by atoms with Gasteiger partial charge in [0, 0.05) is 6.04 Å². The van der Waals surface area contributed by atoms with Gasteiger partial charge < -0.3 is 4.74 Å². The van der Waals surface area contributed by atoms with Crippen LogP contribution in [-0.2, 0) is 9.53 Å². The minimum absolute atomic E-state index is 0.00785. The number of nitrogens with zero attached hydrogens (tertiary/aromatic N) is 1. The maximum Gasteiger partial charge on any atom is 0.323 e. The molecule has 0 aromatic heterocycles. The molecule has 4 unspecified atom stereocenters. The summed E-state index contributed by atoms with van der Waals surface area (Å²) in [5.41, 5.74) is 0. The fraction of sp³-hybridized carbons (Fsp3) is 0.938. The predicted octanol–water partition coefficient (Wildman–Crippen LogP) is 3.23. The van der Waals surface area contributed by atoms with Crippen LogP contribution in [0, 0.1) is 11.8 Å². The normalized spacial score (nSPS) is 37.0. The van der Waals surface area contributed by atoms with E-state index in [0.29, 0.717) is 12.6 Å². The summed E-state index contributed by atoms with van der Waals surface area (Å²) < 4.78 is 5.27. The first kappa shape index (κ1) is 14.8. The third kappa shape index (κ3) is 3.50. The van der Waals surface area contributed by atoms with Crippen LogP contribution in [0.25, 0.3) is 0 Å². The van der Waals surface area contributed by atoms with E-state index in [-0.39, 0.29) is 12.0 Å². The Bertz CT molecular complexity index is 305. The van der Waals surface area contributed by atoms with Crippen LogP contribution in [0.1, 0.15) is 59.3 Å². The average molecular weight is 267 g/mol. The zero-order chi connectivity index (χ0) is 13.8. The van der Waals surface area contributed by atoms with Crippen LogP contribution in [0.5, 0.6) is 0 Å². The van der Waals surface area contributed by atoms with Gasteiger partial charge in [0.25, 0.3) is 0 Å². The quantitative estimate of drug-likeness (QED) is 0.735. The van der Waals surface area contributed by atoms with Gasteiger partial charge in [-0.2, -0.15) is 0 Å². The maximum absolute atomic E-state index is 12.1. The van der Waals surface area contributed by atoms with Crippen molar-refractivity contribution in [2.75, 3.05) is 13.2 Å². The van der Waals surface area contributed by atoms with Crippen LogP contribution in [0.15, 0.2) is 0 Å². The summed E-state index contributed by atoms with van der Waals surface area (Å²) in [7, 11) is 0. The van der Waals surface area contributed by atoms with Crippen molar-refractivity contribution in [3.63, 3.8) is 0 Å². The molecule has 19 heavy (non-hydrogen) atoms. The fourth-order valence-electron chi connectivity index (χ4n) is 3.70. The second kappa shape index (κ2) is 6.74. The van der Waals surface area contributed by atoms with E-state index in [0.717, 1.165) is 24.8 Å². The lowest BCUT2D eigenvalue weighted by Crippen LogP contribution is -2.52. The Morgan fingerprint density at radius 1 is 1.16 bits per heavy atom. The minimum atomic E-state index is 0.00785. The summed E-state index contributed by atoms with van der Waals surface area (Å²) in [6, 6.07) is 0.625. The first-order valence-corrected chi connectivity index (χ1v) is 8.05. The van der Waals surface area contributed by atoms with Gasteiger partial charge in [0.2, 0.25) is 0 Å². The van der Waals surface area contributed by atoms with E-state index in [4.69, 9.17) is 4.74 Å². The Hall–Kier alpha value is -0.570. The van der Waals surface area contributed by atoms with Gasteiger partial charge >= 0.3 is 5.97 Å². The molecule has 4 atom stereocenters. The molecular weight excluding hydrogens is 238 g/mol. The molecule has 1 heterocycles. The molecule has 0 radical (unpaired) electrons. The van der Waals surface area contributed by atoms with Crippen molar-refractivity contribution < 1.29 is 9.53 Å². The van der Waals surface area contributed by atoms with Crippen molar-refractivity contribution in [3.05, 3.63) is 0 Å². The van der Waals surface area contributed by atoms with Gasteiger partial charge in [-0.1, -0.05) is 20.3 Å². The van der Waals surface area contributed by atoms with Gasteiger partial charge in [0.05, 0.1) is 6.61 Å². The Morgan fingerprint density at radius 3 is 2.63 bits per heavy atom. The van der Waals surface area contributed by atoms with Crippen LogP contribution < -0.4 is 0 Å². The van der Waals surface area contributed by atoms with E-state index in [2.05, 4.69) is 18.7 Å². The van der Waals surface area contributed by atoms with Gasteiger partial charge in [0.15, 0.2) is 0 Å². The molecule has 2 rings (SSSR count). The topological polar surface area (TPSA) is 29.5 Å². The highest BCUT2D eigenvalue weighted by Crippen LogP contribution is 2.34. The third-order valence-corrected chi connectivity index (χ3v) is 5.14. The molecule has 3 heteroatoms. The van der Waals surface area contributed by atoms with Crippen LogP contribution in [0.3, 0.4) is 0 Å².